The first-order valence-corrected chi connectivity index (χ1v) is 27.8. The molecule has 0 bridgehead atoms. The van der Waals surface area contributed by atoms with E-state index in [0.29, 0.717) is 26.2 Å². The van der Waals surface area contributed by atoms with Crippen LogP contribution in [-0.4, -0.2) is 29.6 Å². The van der Waals surface area contributed by atoms with E-state index in [9.17, 15) is 10.2 Å². The SMILES string of the molecule is CC(C)(C)c1cc(CN(CCN(Cc2cc(C(C)(C)C)cc(C(C)(C)C)c2[O-])c2ccccc2)c2ccccc2)c([O-])c(C(C)(C)C)c1.C[Si](C)(C)[N-][Si](C)(C)C.[Yb+3]. The van der Waals surface area contributed by atoms with Crippen molar-refractivity contribution in [3.8, 4) is 11.5 Å². The summed E-state index contributed by atoms with van der Waals surface area (Å²) in [6.07, 6.45) is 0. The molecule has 8 heteroatoms. The molecule has 1 radical (unpaired) electrons. The monoisotopic (exact) mass is 980 g/mol. The van der Waals surface area contributed by atoms with E-state index in [1.165, 1.54) is 11.1 Å². The molecule has 0 atom stereocenters. The fraction of sp³-hybridized carbons (Fsp3) is 0.520. The molecule has 0 aliphatic carbocycles. The molecule has 0 aromatic heterocycles. The van der Waals surface area contributed by atoms with Crippen molar-refractivity contribution >= 4 is 27.8 Å². The summed E-state index contributed by atoms with van der Waals surface area (Å²) in [6.45, 7) is 42.1. The van der Waals surface area contributed by atoms with Crippen LogP contribution in [0.3, 0.4) is 0 Å². The van der Waals surface area contributed by atoms with Crippen LogP contribution in [0, 0.1) is 46.9 Å². The van der Waals surface area contributed by atoms with E-state index in [0.717, 1.165) is 33.6 Å². The van der Waals surface area contributed by atoms with Crippen LogP contribution in [0.1, 0.15) is 116 Å². The molecular weight excluding hydrogens is 904 g/mol. The van der Waals surface area contributed by atoms with Gasteiger partial charge in [-0.25, -0.2) is 0 Å². The smallest absolute Gasteiger partial charge is 0.872 e. The van der Waals surface area contributed by atoms with Gasteiger partial charge in [-0.3, -0.25) is 0 Å². The maximum Gasteiger partial charge on any atom is 3.00 e. The molecule has 0 N–H and O–H groups in total. The second-order valence-corrected chi connectivity index (χ2v) is 31.6. The Hall–Kier alpha value is -2.01. The normalized spacial score (nSPS) is 12.7. The van der Waals surface area contributed by atoms with E-state index in [-0.39, 0.29) is 80.1 Å². The predicted octanol–water partition coefficient (Wildman–Crippen LogP) is 12.8. The molecule has 0 amide bonds. The maximum absolute atomic E-state index is 14.1. The Bertz CT molecular complexity index is 1750. The van der Waals surface area contributed by atoms with Crippen molar-refractivity contribution in [1.29, 1.82) is 0 Å². The van der Waals surface area contributed by atoms with Gasteiger partial charge in [0, 0.05) is 37.6 Å². The number of anilines is 2. The van der Waals surface area contributed by atoms with Crippen molar-refractivity contribution in [2.24, 2.45) is 0 Å². The molecule has 0 aliphatic rings. The molecule has 58 heavy (non-hydrogen) atoms. The minimum atomic E-state index is -1.11. The second kappa shape index (κ2) is 20.2. The van der Waals surface area contributed by atoms with Gasteiger partial charge in [-0.1, -0.05) is 200 Å². The van der Waals surface area contributed by atoms with Crippen LogP contribution >= 0.6 is 0 Å². The minimum absolute atomic E-state index is 0. The Kier molecular flexibility index (Phi) is 18.2. The number of hydrogen-bond donors (Lipinski definition) is 0. The van der Waals surface area contributed by atoms with Crippen LogP contribution in [0.25, 0.3) is 4.65 Å². The van der Waals surface area contributed by atoms with Crippen molar-refractivity contribution in [3.63, 3.8) is 0 Å². The molecule has 0 aliphatic heterocycles. The van der Waals surface area contributed by atoms with Gasteiger partial charge in [0.25, 0.3) is 0 Å². The summed E-state index contributed by atoms with van der Waals surface area (Å²) in [4.78, 5) is 4.63. The molecule has 0 saturated carbocycles. The summed E-state index contributed by atoms with van der Waals surface area (Å²) >= 11 is 0. The van der Waals surface area contributed by atoms with E-state index in [1.807, 2.05) is 12.1 Å². The van der Waals surface area contributed by atoms with Gasteiger partial charge in [-0.05, 0) is 79.3 Å². The van der Waals surface area contributed by atoms with Gasteiger partial charge in [-0.15, -0.1) is 11.5 Å². The third-order valence-corrected chi connectivity index (χ3v) is 15.3. The molecule has 0 unspecified atom stereocenters. The number of para-hydroxylation sites is 2. The molecule has 0 spiro atoms. The topological polar surface area (TPSA) is 66.7 Å². The van der Waals surface area contributed by atoms with Gasteiger partial charge < -0.3 is 24.7 Å². The number of rotatable bonds is 11. The van der Waals surface area contributed by atoms with Gasteiger partial charge >= 0.3 is 46.9 Å². The Morgan fingerprint density at radius 2 is 0.759 bits per heavy atom. The first-order valence-electron chi connectivity index (χ1n) is 20.9. The van der Waals surface area contributed by atoms with Crippen LogP contribution in [0.2, 0.25) is 39.3 Å². The molecule has 0 fully saturated rings. The van der Waals surface area contributed by atoms with E-state index in [1.54, 1.807) is 0 Å². The molecule has 0 saturated heterocycles. The number of nitrogens with zero attached hydrogens (tertiary/aromatic N) is 3. The van der Waals surface area contributed by atoms with Crippen LogP contribution < -0.4 is 20.0 Å². The van der Waals surface area contributed by atoms with Gasteiger partial charge in [-0.2, -0.15) is 0 Å². The zero-order chi connectivity index (χ0) is 43.4. The summed E-state index contributed by atoms with van der Waals surface area (Å²) in [7, 11) is -2.21. The molecule has 325 valence electrons. The second-order valence-electron chi connectivity index (χ2n) is 22.0. The molecule has 5 nitrogen and oxygen atoms in total. The quantitative estimate of drug-likeness (QED) is 0.140. The average Bonchev–Trinajstić information content (AvgIpc) is 3.04. The Morgan fingerprint density at radius 3 is 0.983 bits per heavy atom. The van der Waals surface area contributed by atoms with Crippen molar-refractivity contribution in [2.45, 2.75) is 157 Å². The van der Waals surface area contributed by atoms with Gasteiger partial charge in [0.15, 0.2) is 0 Å². The van der Waals surface area contributed by atoms with E-state index in [4.69, 9.17) is 4.65 Å². The number of hydrogen-bond acceptors (Lipinski definition) is 4. The standard InChI is InChI=1S/C44H60N2O2.C6H18NSi2.Yb/c1-41(2,3)33-25-31(39(47)37(27-33)43(7,8)9)29-45(35-19-15-13-16-20-35)23-24-46(36-21-17-14-18-22-36)30-32-26-34(42(4,5)6)28-38(40(32)48)44(10,11)12;1-8(2,3)7-9(4,5)6;/h13-22,25-28,47-48H,23-24,29-30H2,1-12H3;1-6H3;/q;-1;+3/p-2. The third-order valence-electron chi connectivity index (χ3n) is 9.96. The summed E-state index contributed by atoms with van der Waals surface area (Å²) in [5.74, 6) is 0.252. The van der Waals surface area contributed by atoms with E-state index >= 15 is 0 Å². The van der Waals surface area contributed by atoms with Crippen molar-refractivity contribution < 1.29 is 57.1 Å². The van der Waals surface area contributed by atoms with E-state index in [2.05, 4.69) is 205 Å². The summed E-state index contributed by atoms with van der Waals surface area (Å²) in [6, 6.07) is 29.2. The van der Waals surface area contributed by atoms with Gasteiger partial charge in [0.05, 0.1) is 0 Å². The third kappa shape index (κ3) is 16.1. The summed E-state index contributed by atoms with van der Waals surface area (Å²) in [5, 5.41) is 28.1. The van der Waals surface area contributed by atoms with Crippen LogP contribution in [0.15, 0.2) is 84.9 Å². The van der Waals surface area contributed by atoms with Gasteiger partial charge in [0.2, 0.25) is 0 Å². The Labute approximate surface area is 395 Å². The molecule has 4 aromatic rings. The average molecular weight is 980 g/mol. The Morgan fingerprint density at radius 1 is 0.466 bits per heavy atom. The van der Waals surface area contributed by atoms with E-state index < -0.39 is 16.5 Å². The fourth-order valence-electron chi connectivity index (χ4n) is 7.13. The van der Waals surface area contributed by atoms with Crippen molar-refractivity contribution in [2.75, 3.05) is 22.9 Å². The van der Waals surface area contributed by atoms with Crippen LogP contribution in [0.5, 0.6) is 11.5 Å². The molecule has 0 heterocycles. The predicted molar refractivity (Wildman–Crippen MR) is 252 cm³/mol. The zero-order valence-electron chi connectivity index (χ0n) is 39.3. The summed E-state index contributed by atoms with van der Waals surface area (Å²) in [5.41, 5.74) is 7.14. The minimum Gasteiger partial charge on any atom is -0.872 e. The molecule has 4 rings (SSSR count). The number of benzene rings is 4. The van der Waals surface area contributed by atoms with Crippen molar-refractivity contribution in [3.05, 3.63) is 123 Å². The van der Waals surface area contributed by atoms with Crippen LogP contribution in [0.4, 0.5) is 11.4 Å². The zero-order valence-corrected chi connectivity index (χ0v) is 43.1. The van der Waals surface area contributed by atoms with Crippen molar-refractivity contribution in [1.82, 2.24) is 0 Å². The van der Waals surface area contributed by atoms with Gasteiger partial charge in [0.1, 0.15) is 0 Å². The Balaban J connectivity index is 0.00000104. The maximum atomic E-state index is 14.1. The molecular formula is C50H76N3O2Si2Yb. The summed E-state index contributed by atoms with van der Waals surface area (Å²) < 4.78 is 4.82. The van der Waals surface area contributed by atoms with Crippen LogP contribution in [-0.2, 0) is 34.7 Å². The fourth-order valence-corrected chi connectivity index (χ4v) is 15.2. The first kappa shape index (κ1) is 52.1. The largest absolute Gasteiger partial charge is 3.00 e. The first-order chi connectivity index (χ1) is 25.9. The molecule has 4 aromatic carbocycles.